The van der Waals surface area contributed by atoms with E-state index in [2.05, 4.69) is 10.6 Å². The molecule has 1 fully saturated rings. The third kappa shape index (κ3) is 5.31. The molecule has 9 heteroatoms. The van der Waals surface area contributed by atoms with Crippen molar-refractivity contribution in [3.8, 4) is 5.75 Å². The average molecular weight is 468 g/mol. The van der Waals surface area contributed by atoms with Gasteiger partial charge in [-0.05, 0) is 50.1 Å². The summed E-state index contributed by atoms with van der Waals surface area (Å²) >= 11 is 0. The number of ether oxygens (including phenoxy) is 3. The molecule has 2 heterocycles. The number of likely N-dealkylation sites (N-methyl/N-ethyl adjacent to an activating group) is 1. The van der Waals surface area contributed by atoms with Crippen LogP contribution >= 0.6 is 0 Å². The first-order valence-electron chi connectivity index (χ1n) is 11.2. The number of anilines is 2. The van der Waals surface area contributed by atoms with Crippen LogP contribution in [0.2, 0.25) is 0 Å². The quantitative estimate of drug-likeness (QED) is 0.666. The summed E-state index contributed by atoms with van der Waals surface area (Å²) in [6.07, 6.45) is 0.876. The Morgan fingerprint density at radius 1 is 1.09 bits per heavy atom. The number of methoxy groups -OCH3 is 1. The number of nitrogens with one attached hydrogen (secondary N) is 2. The summed E-state index contributed by atoms with van der Waals surface area (Å²) in [5.74, 6) is -0.128. The highest BCUT2D eigenvalue weighted by atomic mass is 16.5. The van der Waals surface area contributed by atoms with E-state index in [4.69, 9.17) is 14.2 Å². The van der Waals surface area contributed by atoms with Gasteiger partial charge >= 0.3 is 12.0 Å². The number of aryl methyl sites for hydroxylation is 1. The van der Waals surface area contributed by atoms with Gasteiger partial charge in [-0.2, -0.15) is 0 Å². The first-order chi connectivity index (χ1) is 16.3. The number of hydrogen-bond donors (Lipinski definition) is 2. The molecular formula is C25H29N3O6. The second-order valence-corrected chi connectivity index (χ2v) is 8.60. The fourth-order valence-corrected chi connectivity index (χ4v) is 4.30. The lowest BCUT2D eigenvalue weighted by Crippen LogP contribution is -2.53. The van der Waals surface area contributed by atoms with Gasteiger partial charge in [-0.1, -0.05) is 17.7 Å². The van der Waals surface area contributed by atoms with Crippen LogP contribution in [0, 0.1) is 6.92 Å². The standard InChI is InChI=1S/C25H29N3O6/c1-15-4-6-16(7-5-15)26-25(31)27-17-8-11-21-19(12-17)24(30)28(2)20-10-9-18(13-23(29)32-3)34-22(20)14-33-21/h4-8,11-12,18,20,22H,9-10,13-14H2,1-3H3,(H2,26,27,31)/t18-,20-,22+/m0/s1. The first kappa shape index (κ1) is 23.6. The van der Waals surface area contributed by atoms with Gasteiger partial charge in [0.05, 0.1) is 31.2 Å². The second-order valence-electron chi connectivity index (χ2n) is 8.60. The van der Waals surface area contributed by atoms with Gasteiger partial charge in [-0.15, -0.1) is 0 Å². The molecule has 2 N–H and O–H groups in total. The van der Waals surface area contributed by atoms with Crippen molar-refractivity contribution in [3.05, 3.63) is 53.6 Å². The maximum atomic E-state index is 13.3. The molecule has 3 atom stereocenters. The van der Waals surface area contributed by atoms with E-state index < -0.39 is 6.03 Å². The number of fused-ring (bicyclic) bond motifs is 2. The van der Waals surface area contributed by atoms with Gasteiger partial charge in [-0.3, -0.25) is 9.59 Å². The average Bonchev–Trinajstić information content (AvgIpc) is 2.83. The number of esters is 1. The molecule has 2 aromatic rings. The molecule has 2 aliphatic rings. The predicted octanol–water partition coefficient (Wildman–Crippen LogP) is 3.58. The molecule has 0 radical (unpaired) electrons. The molecule has 9 nitrogen and oxygen atoms in total. The van der Waals surface area contributed by atoms with E-state index in [0.29, 0.717) is 35.5 Å². The minimum atomic E-state index is -0.409. The van der Waals surface area contributed by atoms with Gasteiger partial charge in [0.1, 0.15) is 18.5 Å². The van der Waals surface area contributed by atoms with Crippen LogP contribution in [0.4, 0.5) is 16.2 Å². The molecule has 0 spiro atoms. The number of amides is 3. The van der Waals surface area contributed by atoms with Crippen LogP contribution < -0.4 is 15.4 Å². The molecular weight excluding hydrogens is 438 g/mol. The smallest absolute Gasteiger partial charge is 0.323 e. The summed E-state index contributed by atoms with van der Waals surface area (Å²) in [7, 11) is 3.09. The fourth-order valence-electron chi connectivity index (χ4n) is 4.30. The van der Waals surface area contributed by atoms with Gasteiger partial charge in [-0.25, -0.2) is 4.79 Å². The molecule has 2 aromatic carbocycles. The largest absolute Gasteiger partial charge is 0.490 e. The summed E-state index contributed by atoms with van der Waals surface area (Å²) in [6.45, 7) is 2.22. The Morgan fingerprint density at radius 3 is 2.53 bits per heavy atom. The van der Waals surface area contributed by atoms with Crippen molar-refractivity contribution >= 4 is 29.3 Å². The summed E-state index contributed by atoms with van der Waals surface area (Å²) in [6, 6.07) is 11.8. The monoisotopic (exact) mass is 467 g/mol. The predicted molar refractivity (Wildman–Crippen MR) is 126 cm³/mol. The molecule has 0 unspecified atom stereocenters. The molecule has 34 heavy (non-hydrogen) atoms. The molecule has 180 valence electrons. The van der Waals surface area contributed by atoms with Crippen molar-refractivity contribution in [3.63, 3.8) is 0 Å². The Morgan fingerprint density at radius 2 is 1.79 bits per heavy atom. The van der Waals surface area contributed by atoms with Gasteiger partial charge in [0.2, 0.25) is 0 Å². The zero-order chi connectivity index (χ0) is 24.2. The van der Waals surface area contributed by atoms with E-state index >= 15 is 0 Å². The van der Waals surface area contributed by atoms with Crippen molar-refractivity contribution in [1.82, 2.24) is 4.90 Å². The molecule has 0 saturated carbocycles. The number of carbonyl (C=O) groups excluding carboxylic acids is 3. The van der Waals surface area contributed by atoms with Gasteiger partial charge in [0.15, 0.2) is 0 Å². The van der Waals surface area contributed by atoms with Crippen LogP contribution in [0.25, 0.3) is 0 Å². The fraction of sp³-hybridized carbons (Fsp3) is 0.400. The van der Waals surface area contributed by atoms with Gasteiger partial charge in [0, 0.05) is 18.4 Å². The van der Waals surface area contributed by atoms with E-state index in [1.54, 1.807) is 30.1 Å². The summed E-state index contributed by atoms with van der Waals surface area (Å²) in [4.78, 5) is 39.0. The van der Waals surface area contributed by atoms with E-state index in [1.807, 2.05) is 31.2 Å². The Balaban J connectivity index is 1.46. The van der Waals surface area contributed by atoms with Crippen molar-refractivity contribution in [2.75, 3.05) is 31.4 Å². The van der Waals surface area contributed by atoms with Crippen molar-refractivity contribution in [2.45, 2.75) is 44.4 Å². The minimum Gasteiger partial charge on any atom is -0.490 e. The topological polar surface area (TPSA) is 106 Å². The Labute approximate surface area is 198 Å². The molecule has 2 aliphatic heterocycles. The first-order valence-corrected chi connectivity index (χ1v) is 11.2. The highest BCUT2D eigenvalue weighted by Crippen LogP contribution is 2.32. The highest BCUT2D eigenvalue weighted by molar-refractivity contribution is 6.02. The SMILES string of the molecule is COC(=O)C[C@@H]1CC[C@H]2[C@@H](COc3ccc(NC(=O)Nc4ccc(C)cc4)cc3C(=O)N2C)O1. The van der Waals surface area contributed by atoms with Crippen LogP contribution in [0.3, 0.4) is 0 Å². The van der Waals surface area contributed by atoms with E-state index in [-0.39, 0.29) is 43.2 Å². The molecule has 4 rings (SSSR count). The van der Waals surface area contributed by atoms with Crippen molar-refractivity contribution < 1.29 is 28.6 Å². The van der Waals surface area contributed by atoms with Crippen molar-refractivity contribution in [1.29, 1.82) is 0 Å². The number of benzene rings is 2. The summed E-state index contributed by atoms with van der Waals surface area (Å²) in [5, 5.41) is 5.54. The van der Waals surface area contributed by atoms with Gasteiger partial charge in [0.25, 0.3) is 5.91 Å². The molecule has 0 aliphatic carbocycles. The highest BCUT2D eigenvalue weighted by Gasteiger charge is 2.39. The maximum Gasteiger partial charge on any atom is 0.323 e. The van der Waals surface area contributed by atoms with Crippen molar-refractivity contribution in [2.24, 2.45) is 0 Å². The van der Waals surface area contributed by atoms with Gasteiger partial charge < -0.3 is 29.7 Å². The Hall–Kier alpha value is -3.59. The summed E-state index contributed by atoms with van der Waals surface area (Å²) in [5.41, 5.74) is 2.61. The third-order valence-electron chi connectivity index (χ3n) is 6.20. The third-order valence-corrected chi connectivity index (χ3v) is 6.20. The lowest BCUT2D eigenvalue weighted by atomic mass is 9.94. The van der Waals surface area contributed by atoms with E-state index in [1.165, 1.54) is 7.11 Å². The lowest BCUT2D eigenvalue weighted by Gasteiger charge is -2.42. The summed E-state index contributed by atoms with van der Waals surface area (Å²) < 4.78 is 16.8. The van der Waals surface area contributed by atoms with E-state index in [9.17, 15) is 14.4 Å². The molecule has 0 bridgehead atoms. The minimum absolute atomic E-state index is 0.174. The zero-order valence-electron chi connectivity index (χ0n) is 19.5. The second kappa shape index (κ2) is 10.1. The molecule has 0 aromatic heterocycles. The number of nitrogens with zero attached hydrogens (tertiary/aromatic N) is 1. The number of carbonyl (C=O) groups is 3. The number of hydrogen-bond acceptors (Lipinski definition) is 6. The molecule has 1 saturated heterocycles. The van der Waals surface area contributed by atoms with Crippen LogP contribution in [-0.2, 0) is 14.3 Å². The van der Waals surface area contributed by atoms with Crippen LogP contribution in [-0.4, -0.2) is 61.8 Å². The Bertz CT molecular complexity index is 1070. The number of urea groups is 1. The number of rotatable bonds is 4. The lowest BCUT2D eigenvalue weighted by molar-refractivity contribution is -0.151. The zero-order valence-corrected chi connectivity index (χ0v) is 19.5. The molecule has 3 amide bonds. The Kier molecular flexibility index (Phi) is 7.02. The van der Waals surface area contributed by atoms with Crippen LogP contribution in [0.15, 0.2) is 42.5 Å². The normalized spacial score (nSPS) is 21.8. The van der Waals surface area contributed by atoms with Crippen LogP contribution in [0.5, 0.6) is 5.75 Å². The van der Waals surface area contributed by atoms with Crippen LogP contribution in [0.1, 0.15) is 35.2 Å². The maximum absolute atomic E-state index is 13.3. The van der Waals surface area contributed by atoms with E-state index in [0.717, 1.165) is 5.56 Å².